The lowest BCUT2D eigenvalue weighted by Crippen LogP contribution is -2.27. The van der Waals surface area contributed by atoms with Crippen LogP contribution in [0, 0.1) is 0 Å². The molecule has 1 unspecified atom stereocenters. The highest BCUT2D eigenvalue weighted by molar-refractivity contribution is 5.98. The molecular formula is C16H18N2O3. The Kier molecular flexibility index (Phi) is 3.56. The van der Waals surface area contributed by atoms with Crippen molar-refractivity contribution < 1.29 is 14.3 Å². The van der Waals surface area contributed by atoms with Crippen LogP contribution < -0.4 is 14.8 Å². The van der Waals surface area contributed by atoms with E-state index < -0.39 is 0 Å². The molecule has 0 bridgehead atoms. The summed E-state index contributed by atoms with van der Waals surface area (Å²) in [6.45, 7) is 2.54. The van der Waals surface area contributed by atoms with Gasteiger partial charge < -0.3 is 19.8 Å². The number of H-pyrrole nitrogens is 1. The van der Waals surface area contributed by atoms with Crippen molar-refractivity contribution in [3.8, 4) is 11.5 Å². The smallest absolute Gasteiger partial charge is 0.255 e. The lowest BCUT2D eigenvalue weighted by molar-refractivity contribution is 0.0935. The van der Waals surface area contributed by atoms with Crippen LogP contribution in [0.15, 0.2) is 30.5 Å². The van der Waals surface area contributed by atoms with Gasteiger partial charge in [0.15, 0.2) is 0 Å². The monoisotopic (exact) mass is 286 g/mol. The van der Waals surface area contributed by atoms with Crippen molar-refractivity contribution in [2.45, 2.75) is 19.4 Å². The van der Waals surface area contributed by atoms with Gasteiger partial charge in [0.25, 0.3) is 5.91 Å². The SMILES string of the molecule is COc1cc2c(c(C(=O)NC(C)c3ccc[nH]3)c1)OCC2. The summed E-state index contributed by atoms with van der Waals surface area (Å²) in [6, 6.07) is 7.40. The van der Waals surface area contributed by atoms with E-state index in [0.29, 0.717) is 23.7 Å². The van der Waals surface area contributed by atoms with Crippen molar-refractivity contribution >= 4 is 5.91 Å². The summed E-state index contributed by atoms with van der Waals surface area (Å²) in [5.74, 6) is 1.19. The van der Waals surface area contributed by atoms with Crippen LogP contribution in [0.4, 0.5) is 0 Å². The summed E-state index contributed by atoms with van der Waals surface area (Å²) in [6.07, 6.45) is 2.64. The number of fused-ring (bicyclic) bond motifs is 1. The van der Waals surface area contributed by atoms with Crippen molar-refractivity contribution in [1.29, 1.82) is 0 Å². The molecular weight excluding hydrogens is 268 g/mol. The number of hydrogen-bond donors (Lipinski definition) is 2. The Hall–Kier alpha value is -2.43. The highest BCUT2D eigenvalue weighted by Gasteiger charge is 2.23. The molecule has 0 radical (unpaired) electrons. The molecule has 1 amide bonds. The van der Waals surface area contributed by atoms with Gasteiger partial charge in [-0.25, -0.2) is 0 Å². The Bertz CT molecular complexity index is 650. The predicted octanol–water partition coefficient (Wildman–Crippen LogP) is 2.45. The third-order valence-electron chi connectivity index (χ3n) is 3.67. The van der Waals surface area contributed by atoms with E-state index in [0.717, 1.165) is 17.7 Å². The molecule has 0 saturated heterocycles. The zero-order valence-electron chi connectivity index (χ0n) is 12.1. The number of carbonyl (C=O) groups is 1. The number of ether oxygens (including phenoxy) is 2. The van der Waals surface area contributed by atoms with E-state index >= 15 is 0 Å². The maximum atomic E-state index is 12.5. The van der Waals surface area contributed by atoms with E-state index in [1.165, 1.54) is 0 Å². The Morgan fingerprint density at radius 3 is 3.05 bits per heavy atom. The summed E-state index contributed by atoms with van der Waals surface area (Å²) in [5.41, 5.74) is 2.51. The van der Waals surface area contributed by atoms with Gasteiger partial charge in [-0.15, -0.1) is 0 Å². The summed E-state index contributed by atoms with van der Waals surface area (Å²) in [4.78, 5) is 15.6. The van der Waals surface area contributed by atoms with Crippen LogP contribution in [0.3, 0.4) is 0 Å². The average molecular weight is 286 g/mol. The summed E-state index contributed by atoms with van der Waals surface area (Å²) >= 11 is 0. The second kappa shape index (κ2) is 5.52. The van der Waals surface area contributed by atoms with Crippen molar-refractivity contribution in [2.24, 2.45) is 0 Å². The minimum atomic E-state index is -0.158. The maximum absolute atomic E-state index is 12.5. The maximum Gasteiger partial charge on any atom is 0.255 e. The lowest BCUT2D eigenvalue weighted by Gasteiger charge is -2.15. The molecule has 0 spiro atoms. The topological polar surface area (TPSA) is 63.3 Å². The first-order chi connectivity index (χ1) is 10.2. The first-order valence-electron chi connectivity index (χ1n) is 6.97. The van der Waals surface area contributed by atoms with Gasteiger partial charge in [0.2, 0.25) is 0 Å². The second-order valence-corrected chi connectivity index (χ2v) is 5.08. The van der Waals surface area contributed by atoms with Crippen LogP contribution in [-0.2, 0) is 6.42 Å². The van der Waals surface area contributed by atoms with E-state index in [4.69, 9.17) is 9.47 Å². The standard InChI is InChI=1S/C16H18N2O3/c1-10(14-4-3-6-17-14)18-16(19)13-9-12(20-2)8-11-5-7-21-15(11)13/h3-4,6,8-10,17H,5,7H2,1-2H3,(H,18,19). The fourth-order valence-corrected chi connectivity index (χ4v) is 2.53. The molecule has 1 aromatic heterocycles. The van der Waals surface area contributed by atoms with Crippen LogP contribution >= 0.6 is 0 Å². The molecule has 0 aliphatic carbocycles. The lowest BCUT2D eigenvalue weighted by atomic mass is 10.1. The minimum absolute atomic E-state index is 0.101. The third-order valence-corrected chi connectivity index (χ3v) is 3.67. The molecule has 21 heavy (non-hydrogen) atoms. The Morgan fingerprint density at radius 1 is 1.48 bits per heavy atom. The zero-order chi connectivity index (χ0) is 14.8. The van der Waals surface area contributed by atoms with Gasteiger partial charge in [0.1, 0.15) is 11.5 Å². The van der Waals surface area contributed by atoms with Crippen LogP contribution in [0.2, 0.25) is 0 Å². The van der Waals surface area contributed by atoms with Crippen LogP contribution in [0.1, 0.15) is 34.6 Å². The summed E-state index contributed by atoms with van der Waals surface area (Å²) in [5, 5.41) is 2.97. The number of rotatable bonds is 4. The number of aromatic nitrogens is 1. The van der Waals surface area contributed by atoms with E-state index in [-0.39, 0.29) is 11.9 Å². The largest absolute Gasteiger partial charge is 0.497 e. The summed E-state index contributed by atoms with van der Waals surface area (Å²) in [7, 11) is 1.60. The molecule has 1 aliphatic rings. The molecule has 2 aromatic rings. The first-order valence-corrected chi connectivity index (χ1v) is 6.97. The quantitative estimate of drug-likeness (QED) is 0.907. The molecule has 5 heteroatoms. The van der Waals surface area contributed by atoms with Gasteiger partial charge in [-0.2, -0.15) is 0 Å². The third kappa shape index (κ3) is 2.59. The van der Waals surface area contributed by atoms with Crippen molar-refractivity contribution in [1.82, 2.24) is 10.3 Å². The van der Waals surface area contributed by atoms with Gasteiger partial charge >= 0.3 is 0 Å². The number of hydrogen-bond acceptors (Lipinski definition) is 3. The average Bonchev–Trinajstić information content (AvgIpc) is 3.16. The Morgan fingerprint density at radius 2 is 2.33 bits per heavy atom. The van der Waals surface area contributed by atoms with Gasteiger partial charge in [0, 0.05) is 23.9 Å². The van der Waals surface area contributed by atoms with E-state index in [1.54, 1.807) is 13.2 Å². The number of benzene rings is 1. The minimum Gasteiger partial charge on any atom is -0.497 e. The van der Waals surface area contributed by atoms with Gasteiger partial charge in [0.05, 0.1) is 25.3 Å². The number of nitrogens with one attached hydrogen (secondary N) is 2. The molecule has 2 N–H and O–H groups in total. The first kappa shape index (κ1) is 13.5. The normalized spacial score (nSPS) is 14.2. The van der Waals surface area contributed by atoms with Crippen molar-refractivity contribution in [3.05, 3.63) is 47.3 Å². The predicted molar refractivity (Wildman–Crippen MR) is 78.9 cm³/mol. The fraction of sp³-hybridized carbons (Fsp3) is 0.312. The van der Waals surface area contributed by atoms with Gasteiger partial charge in [-0.05, 0) is 31.2 Å². The van der Waals surface area contributed by atoms with Crippen molar-refractivity contribution in [3.63, 3.8) is 0 Å². The molecule has 2 heterocycles. The highest BCUT2D eigenvalue weighted by Crippen LogP contribution is 2.34. The molecule has 1 aromatic carbocycles. The molecule has 1 atom stereocenters. The number of carbonyl (C=O) groups excluding carboxylic acids is 1. The Balaban J connectivity index is 1.86. The molecule has 1 aliphatic heterocycles. The van der Waals surface area contributed by atoms with E-state index in [1.807, 2.05) is 31.3 Å². The van der Waals surface area contributed by atoms with Gasteiger partial charge in [-0.3, -0.25) is 4.79 Å². The van der Waals surface area contributed by atoms with Crippen molar-refractivity contribution in [2.75, 3.05) is 13.7 Å². The van der Waals surface area contributed by atoms with E-state index in [9.17, 15) is 4.79 Å². The van der Waals surface area contributed by atoms with Gasteiger partial charge in [-0.1, -0.05) is 0 Å². The number of amides is 1. The number of aromatic amines is 1. The van der Waals surface area contributed by atoms with Crippen LogP contribution in [0.5, 0.6) is 11.5 Å². The Labute approximate surface area is 123 Å². The van der Waals surface area contributed by atoms with E-state index in [2.05, 4.69) is 10.3 Å². The zero-order valence-corrected chi connectivity index (χ0v) is 12.1. The highest BCUT2D eigenvalue weighted by atomic mass is 16.5. The molecule has 0 saturated carbocycles. The number of methoxy groups -OCH3 is 1. The molecule has 5 nitrogen and oxygen atoms in total. The molecule has 3 rings (SSSR count). The van der Waals surface area contributed by atoms with Crippen LogP contribution in [-0.4, -0.2) is 24.6 Å². The molecule has 110 valence electrons. The second-order valence-electron chi connectivity index (χ2n) is 5.08. The molecule has 0 fully saturated rings. The van der Waals surface area contributed by atoms with Crippen LogP contribution in [0.25, 0.3) is 0 Å². The fourth-order valence-electron chi connectivity index (χ4n) is 2.53. The summed E-state index contributed by atoms with van der Waals surface area (Å²) < 4.78 is 10.9.